The van der Waals surface area contributed by atoms with Gasteiger partial charge in [-0.1, -0.05) is 12.1 Å². The predicted molar refractivity (Wildman–Crippen MR) is 94.7 cm³/mol. The van der Waals surface area contributed by atoms with E-state index in [-0.39, 0.29) is 12.3 Å². The van der Waals surface area contributed by atoms with Crippen LogP contribution in [0.25, 0.3) is 5.69 Å². The molecule has 2 aromatic rings. The Morgan fingerprint density at radius 2 is 2.00 bits per heavy atom. The number of hydrogen-bond acceptors (Lipinski definition) is 4. The maximum Gasteiger partial charge on any atom is 0.309 e. The summed E-state index contributed by atoms with van der Waals surface area (Å²) >= 11 is 0. The third kappa shape index (κ3) is 3.10. The molecule has 3 heterocycles. The number of rotatable bonds is 4. The molecule has 4 rings (SSSR count). The van der Waals surface area contributed by atoms with Crippen molar-refractivity contribution in [3.05, 3.63) is 48.5 Å². The van der Waals surface area contributed by atoms with Gasteiger partial charge in [-0.2, -0.15) is 0 Å². The molecule has 2 aliphatic heterocycles. The topological polar surface area (TPSA) is 87.5 Å². The number of carboxylic acids is 1. The Kier molecular flexibility index (Phi) is 4.24. The molecule has 26 heavy (non-hydrogen) atoms. The number of piperidine rings is 1. The first-order valence-electron chi connectivity index (χ1n) is 8.89. The fourth-order valence-electron chi connectivity index (χ4n) is 4.15. The summed E-state index contributed by atoms with van der Waals surface area (Å²) in [4.78, 5) is 29.6. The van der Waals surface area contributed by atoms with Gasteiger partial charge in [0, 0.05) is 44.1 Å². The maximum absolute atomic E-state index is 11.7. The summed E-state index contributed by atoms with van der Waals surface area (Å²) in [6, 6.07) is 8.36. The van der Waals surface area contributed by atoms with Crippen molar-refractivity contribution in [2.24, 2.45) is 5.92 Å². The highest BCUT2D eigenvalue weighted by Crippen LogP contribution is 2.37. The zero-order valence-electron chi connectivity index (χ0n) is 14.5. The lowest BCUT2D eigenvalue weighted by molar-refractivity contribution is -0.144. The number of benzene rings is 1. The summed E-state index contributed by atoms with van der Waals surface area (Å²) < 4.78 is 1.96. The van der Waals surface area contributed by atoms with E-state index in [9.17, 15) is 14.7 Å². The van der Waals surface area contributed by atoms with E-state index in [2.05, 4.69) is 39.5 Å². The van der Waals surface area contributed by atoms with Crippen molar-refractivity contribution in [3.8, 4) is 5.69 Å². The molecule has 2 saturated heterocycles. The number of carbonyl (C=O) groups is 2. The molecule has 1 amide bonds. The van der Waals surface area contributed by atoms with Crippen LogP contribution in [-0.4, -0.2) is 50.1 Å². The molecule has 7 heteroatoms. The number of carbonyl (C=O) groups excluding carboxylic acids is 1. The number of hydrogen-bond donors (Lipinski definition) is 2. The minimum absolute atomic E-state index is 0.102. The van der Waals surface area contributed by atoms with Gasteiger partial charge in [0.1, 0.15) is 0 Å². The van der Waals surface area contributed by atoms with Crippen LogP contribution in [0.1, 0.15) is 24.8 Å². The van der Waals surface area contributed by atoms with E-state index in [1.807, 2.05) is 10.8 Å². The van der Waals surface area contributed by atoms with Gasteiger partial charge >= 0.3 is 5.97 Å². The molecule has 7 nitrogen and oxygen atoms in total. The number of likely N-dealkylation sites (tertiary alicyclic amines) is 1. The molecule has 2 aliphatic rings. The highest BCUT2D eigenvalue weighted by molar-refractivity contribution is 5.88. The van der Waals surface area contributed by atoms with Gasteiger partial charge in [-0.05, 0) is 30.5 Å². The Morgan fingerprint density at radius 1 is 1.27 bits per heavy atom. The van der Waals surface area contributed by atoms with Gasteiger partial charge in [-0.25, -0.2) is 4.98 Å². The Labute approximate surface area is 151 Å². The van der Waals surface area contributed by atoms with E-state index in [0.29, 0.717) is 12.8 Å². The van der Waals surface area contributed by atoms with Crippen molar-refractivity contribution in [2.75, 3.05) is 13.1 Å². The number of aromatic nitrogens is 2. The fourth-order valence-corrected chi connectivity index (χ4v) is 4.15. The van der Waals surface area contributed by atoms with Gasteiger partial charge in [-0.3, -0.25) is 14.5 Å². The highest BCUT2D eigenvalue weighted by atomic mass is 16.4. The standard InChI is InChI=1S/C19H22N4O3/c24-17-11-16(18(25)26)19(21-17)5-8-22(9-6-19)12-14-1-3-15(4-2-14)23-10-7-20-13-23/h1-4,7,10,13,16H,5-6,8-9,11-12H2,(H,21,24)(H,25,26). The minimum Gasteiger partial charge on any atom is -0.481 e. The molecule has 0 bridgehead atoms. The van der Waals surface area contributed by atoms with E-state index in [0.717, 1.165) is 25.3 Å². The van der Waals surface area contributed by atoms with Crippen molar-refractivity contribution in [1.82, 2.24) is 19.8 Å². The van der Waals surface area contributed by atoms with Crippen LogP contribution >= 0.6 is 0 Å². The van der Waals surface area contributed by atoms with Crippen LogP contribution in [0.5, 0.6) is 0 Å². The van der Waals surface area contributed by atoms with Crippen LogP contribution in [0.4, 0.5) is 0 Å². The largest absolute Gasteiger partial charge is 0.481 e. The number of nitrogens with one attached hydrogen (secondary N) is 1. The quantitative estimate of drug-likeness (QED) is 0.867. The van der Waals surface area contributed by atoms with Crippen LogP contribution in [0.3, 0.4) is 0 Å². The maximum atomic E-state index is 11.7. The number of imidazole rings is 1. The summed E-state index contributed by atoms with van der Waals surface area (Å²) in [5.41, 5.74) is 1.72. The molecule has 0 radical (unpaired) electrons. The van der Waals surface area contributed by atoms with Gasteiger partial charge in [0.15, 0.2) is 0 Å². The Hall–Kier alpha value is -2.67. The van der Waals surface area contributed by atoms with E-state index >= 15 is 0 Å². The molecule has 0 aliphatic carbocycles. The summed E-state index contributed by atoms with van der Waals surface area (Å²) in [7, 11) is 0. The van der Waals surface area contributed by atoms with E-state index in [1.54, 1.807) is 12.5 Å². The average Bonchev–Trinajstić information content (AvgIpc) is 3.26. The lowest BCUT2D eigenvalue weighted by Crippen LogP contribution is -2.55. The zero-order valence-corrected chi connectivity index (χ0v) is 14.5. The van der Waals surface area contributed by atoms with Crippen molar-refractivity contribution in [3.63, 3.8) is 0 Å². The van der Waals surface area contributed by atoms with Crippen molar-refractivity contribution in [2.45, 2.75) is 31.3 Å². The van der Waals surface area contributed by atoms with Gasteiger partial charge in [0.05, 0.1) is 17.8 Å². The van der Waals surface area contributed by atoms with Crippen molar-refractivity contribution >= 4 is 11.9 Å². The molecule has 1 aromatic carbocycles. The molecular formula is C19H22N4O3. The second kappa shape index (κ2) is 6.57. The molecule has 1 atom stereocenters. The predicted octanol–water partition coefficient (Wildman–Crippen LogP) is 1.43. The summed E-state index contributed by atoms with van der Waals surface area (Å²) in [6.45, 7) is 2.40. The lowest BCUT2D eigenvalue weighted by Gasteiger charge is -2.41. The van der Waals surface area contributed by atoms with Crippen LogP contribution in [0.2, 0.25) is 0 Å². The Bertz CT molecular complexity index is 793. The Balaban J connectivity index is 1.38. The van der Waals surface area contributed by atoms with Crippen molar-refractivity contribution in [1.29, 1.82) is 0 Å². The molecule has 2 fully saturated rings. The first-order valence-corrected chi connectivity index (χ1v) is 8.89. The summed E-state index contributed by atoms with van der Waals surface area (Å²) in [5.74, 6) is -1.61. The summed E-state index contributed by atoms with van der Waals surface area (Å²) in [6.07, 6.45) is 6.90. The number of carboxylic acid groups (broad SMARTS) is 1. The van der Waals surface area contributed by atoms with E-state index in [1.165, 1.54) is 5.56 Å². The van der Waals surface area contributed by atoms with Gasteiger partial charge < -0.3 is 15.0 Å². The monoisotopic (exact) mass is 354 g/mol. The van der Waals surface area contributed by atoms with Crippen LogP contribution < -0.4 is 5.32 Å². The highest BCUT2D eigenvalue weighted by Gasteiger charge is 2.51. The van der Waals surface area contributed by atoms with Crippen LogP contribution in [0, 0.1) is 5.92 Å². The van der Waals surface area contributed by atoms with E-state index in [4.69, 9.17) is 0 Å². The van der Waals surface area contributed by atoms with Gasteiger partial charge in [-0.15, -0.1) is 0 Å². The normalized spacial score (nSPS) is 22.5. The van der Waals surface area contributed by atoms with Crippen LogP contribution in [-0.2, 0) is 16.1 Å². The minimum atomic E-state index is -0.869. The zero-order chi connectivity index (χ0) is 18.1. The molecule has 1 spiro atoms. The molecular weight excluding hydrogens is 332 g/mol. The second-order valence-corrected chi connectivity index (χ2v) is 7.21. The SMILES string of the molecule is O=C1CC(C(=O)O)C2(CCN(Cc3ccc(-n4ccnc4)cc3)CC2)N1. The lowest BCUT2D eigenvalue weighted by atomic mass is 9.77. The van der Waals surface area contributed by atoms with Crippen molar-refractivity contribution < 1.29 is 14.7 Å². The molecule has 2 N–H and O–H groups in total. The molecule has 1 unspecified atom stereocenters. The Morgan fingerprint density at radius 3 is 2.62 bits per heavy atom. The second-order valence-electron chi connectivity index (χ2n) is 7.21. The van der Waals surface area contributed by atoms with E-state index < -0.39 is 17.4 Å². The first kappa shape index (κ1) is 16.8. The third-order valence-corrected chi connectivity index (χ3v) is 5.64. The molecule has 136 valence electrons. The number of nitrogens with zero attached hydrogens (tertiary/aromatic N) is 3. The number of aliphatic carboxylic acids is 1. The number of amides is 1. The first-order chi connectivity index (χ1) is 12.6. The fraction of sp³-hybridized carbons (Fsp3) is 0.421. The molecule has 0 saturated carbocycles. The van der Waals surface area contributed by atoms with Gasteiger partial charge in [0.25, 0.3) is 0 Å². The molecule has 1 aromatic heterocycles. The third-order valence-electron chi connectivity index (χ3n) is 5.64. The average molecular weight is 354 g/mol. The smallest absolute Gasteiger partial charge is 0.309 e. The summed E-state index contributed by atoms with van der Waals surface area (Å²) in [5, 5.41) is 12.4. The van der Waals surface area contributed by atoms with Crippen LogP contribution in [0.15, 0.2) is 43.0 Å². The van der Waals surface area contributed by atoms with Gasteiger partial charge in [0.2, 0.25) is 5.91 Å².